The number of carbonyl (C=O) groups is 1. The van der Waals surface area contributed by atoms with Gasteiger partial charge in [-0.05, 0) is 41.5 Å². The van der Waals surface area contributed by atoms with Gasteiger partial charge in [-0.15, -0.1) is 6.58 Å². The Bertz CT molecular complexity index is 1220. The maximum Gasteiger partial charge on any atom is 0.252 e. The summed E-state index contributed by atoms with van der Waals surface area (Å²) in [7, 11) is 3.24. The zero-order valence-corrected chi connectivity index (χ0v) is 18.2. The molecule has 5 rings (SSSR count). The van der Waals surface area contributed by atoms with Crippen molar-refractivity contribution < 1.29 is 14.3 Å². The summed E-state index contributed by atoms with van der Waals surface area (Å²) in [4.78, 5) is 20.6. The second kappa shape index (κ2) is 7.42. The average Bonchev–Trinajstić information content (AvgIpc) is 3.28. The van der Waals surface area contributed by atoms with Crippen LogP contribution in [0.2, 0.25) is 0 Å². The molecule has 158 valence electrons. The number of aromatic nitrogens is 1. The summed E-state index contributed by atoms with van der Waals surface area (Å²) < 4.78 is 11.0. The van der Waals surface area contributed by atoms with Gasteiger partial charge in [0.2, 0.25) is 0 Å². The minimum atomic E-state index is -0.350. The number of fused-ring (bicyclic) bond motifs is 4. The van der Waals surface area contributed by atoms with Crippen LogP contribution < -0.4 is 9.47 Å². The SMILES string of the molecule is C=CCN1C(=O)[C@@H]2Cc3c([nH]c4ccccc34)[C@@H](c3ccc(OC)c(OC)c3)N2C1=S. The number of nitrogens with zero attached hydrogens (tertiary/aromatic N) is 2. The van der Waals surface area contributed by atoms with E-state index in [-0.39, 0.29) is 18.0 Å². The molecule has 1 amide bonds. The number of methoxy groups -OCH3 is 2. The Morgan fingerprint density at radius 2 is 1.97 bits per heavy atom. The lowest BCUT2D eigenvalue weighted by Crippen LogP contribution is -2.44. The first kappa shape index (κ1) is 19.6. The van der Waals surface area contributed by atoms with E-state index < -0.39 is 0 Å². The molecule has 31 heavy (non-hydrogen) atoms. The third-order valence-corrected chi connectivity index (χ3v) is 6.60. The zero-order chi connectivity index (χ0) is 21.7. The first-order chi connectivity index (χ1) is 15.1. The molecule has 0 saturated carbocycles. The van der Waals surface area contributed by atoms with Crippen molar-refractivity contribution in [3.05, 3.63) is 71.9 Å². The molecule has 2 aliphatic heterocycles. The molecule has 1 fully saturated rings. The summed E-state index contributed by atoms with van der Waals surface area (Å²) >= 11 is 5.79. The van der Waals surface area contributed by atoms with Gasteiger partial charge in [-0.2, -0.15) is 0 Å². The summed E-state index contributed by atoms with van der Waals surface area (Å²) in [6.45, 7) is 4.19. The minimum Gasteiger partial charge on any atom is -0.493 e. The highest BCUT2D eigenvalue weighted by Crippen LogP contribution is 2.45. The summed E-state index contributed by atoms with van der Waals surface area (Å²) in [6, 6.07) is 13.5. The number of benzene rings is 2. The molecule has 3 aromatic rings. The van der Waals surface area contributed by atoms with Gasteiger partial charge in [0.1, 0.15) is 6.04 Å². The maximum atomic E-state index is 13.3. The number of aromatic amines is 1. The van der Waals surface area contributed by atoms with Crippen molar-refractivity contribution in [2.75, 3.05) is 20.8 Å². The molecule has 1 N–H and O–H groups in total. The number of hydrogen-bond acceptors (Lipinski definition) is 4. The van der Waals surface area contributed by atoms with Gasteiger partial charge >= 0.3 is 0 Å². The fourth-order valence-corrected chi connectivity index (χ4v) is 5.19. The van der Waals surface area contributed by atoms with Crippen molar-refractivity contribution in [3.63, 3.8) is 0 Å². The summed E-state index contributed by atoms with van der Waals surface area (Å²) in [6.07, 6.45) is 2.32. The van der Waals surface area contributed by atoms with Crippen LogP contribution in [-0.4, -0.2) is 52.6 Å². The van der Waals surface area contributed by atoms with Crippen LogP contribution in [-0.2, 0) is 11.2 Å². The van der Waals surface area contributed by atoms with E-state index >= 15 is 0 Å². The molecular formula is C24H23N3O3S. The summed E-state index contributed by atoms with van der Waals surface area (Å²) in [5.74, 6) is 1.31. The van der Waals surface area contributed by atoms with Crippen molar-refractivity contribution in [1.29, 1.82) is 0 Å². The summed E-state index contributed by atoms with van der Waals surface area (Å²) in [5.41, 5.74) is 4.25. The fourth-order valence-electron chi connectivity index (χ4n) is 4.80. The number of rotatable bonds is 5. The predicted molar refractivity (Wildman–Crippen MR) is 124 cm³/mol. The number of amides is 1. The smallest absolute Gasteiger partial charge is 0.252 e. The number of nitrogens with one attached hydrogen (secondary N) is 1. The lowest BCUT2D eigenvalue weighted by molar-refractivity contribution is -0.128. The van der Waals surface area contributed by atoms with E-state index in [0.717, 1.165) is 27.7 Å². The van der Waals surface area contributed by atoms with Crippen LogP contribution in [0.15, 0.2) is 55.1 Å². The molecule has 2 aromatic carbocycles. The summed E-state index contributed by atoms with van der Waals surface area (Å²) in [5, 5.41) is 1.67. The molecule has 7 heteroatoms. The number of hydrogen-bond donors (Lipinski definition) is 1. The molecule has 3 heterocycles. The van der Waals surface area contributed by atoms with Gasteiger partial charge in [-0.25, -0.2) is 0 Å². The molecule has 0 spiro atoms. The van der Waals surface area contributed by atoms with E-state index in [1.165, 1.54) is 0 Å². The predicted octanol–water partition coefficient (Wildman–Crippen LogP) is 3.81. The van der Waals surface area contributed by atoms with Gasteiger partial charge in [-0.3, -0.25) is 9.69 Å². The first-order valence-electron chi connectivity index (χ1n) is 10.1. The quantitative estimate of drug-likeness (QED) is 0.490. The van der Waals surface area contributed by atoms with Crippen LogP contribution in [0.1, 0.15) is 22.9 Å². The van der Waals surface area contributed by atoms with Crippen LogP contribution in [0.4, 0.5) is 0 Å². The van der Waals surface area contributed by atoms with Gasteiger partial charge in [0, 0.05) is 29.6 Å². The Morgan fingerprint density at radius 1 is 1.19 bits per heavy atom. The van der Waals surface area contributed by atoms with Crippen LogP contribution in [0.5, 0.6) is 11.5 Å². The molecule has 2 aliphatic rings. The van der Waals surface area contributed by atoms with E-state index in [1.807, 2.05) is 30.3 Å². The Kier molecular flexibility index (Phi) is 4.70. The second-order valence-electron chi connectivity index (χ2n) is 7.73. The molecule has 2 atom stereocenters. The number of thiocarbonyl (C=S) groups is 1. The highest BCUT2D eigenvalue weighted by molar-refractivity contribution is 7.80. The third-order valence-electron chi connectivity index (χ3n) is 6.17. The van der Waals surface area contributed by atoms with Crippen molar-refractivity contribution in [3.8, 4) is 11.5 Å². The largest absolute Gasteiger partial charge is 0.493 e. The van der Waals surface area contributed by atoms with E-state index in [2.05, 4.69) is 28.6 Å². The highest BCUT2D eigenvalue weighted by atomic mass is 32.1. The van der Waals surface area contributed by atoms with Crippen LogP contribution in [0, 0.1) is 0 Å². The van der Waals surface area contributed by atoms with E-state index in [4.69, 9.17) is 21.7 Å². The molecule has 0 bridgehead atoms. The second-order valence-corrected chi connectivity index (χ2v) is 8.09. The Hall–Kier alpha value is -3.32. The Morgan fingerprint density at radius 3 is 2.71 bits per heavy atom. The van der Waals surface area contributed by atoms with Crippen molar-refractivity contribution in [1.82, 2.24) is 14.8 Å². The lowest BCUT2D eigenvalue weighted by atomic mass is 9.89. The monoisotopic (exact) mass is 433 g/mol. The van der Waals surface area contributed by atoms with Gasteiger partial charge in [0.15, 0.2) is 16.6 Å². The van der Waals surface area contributed by atoms with Gasteiger partial charge in [0.25, 0.3) is 5.91 Å². The van der Waals surface area contributed by atoms with Crippen LogP contribution in [0.25, 0.3) is 10.9 Å². The van der Waals surface area contributed by atoms with Crippen molar-refractivity contribution in [2.24, 2.45) is 0 Å². The number of ether oxygens (including phenoxy) is 2. The van der Waals surface area contributed by atoms with Gasteiger partial charge < -0.3 is 19.4 Å². The fraction of sp³-hybridized carbons (Fsp3) is 0.250. The number of H-pyrrole nitrogens is 1. The van der Waals surface area contributed by atoms with E-state index in [1.54, 1.807) is 25.2 Å². The van der Waals surface area contributed by atoms with Gasteiger partial charge in [-0.1, -0.05) is 30.3 Å². The third kappa shape index (κ3) is 2.84. The Balaban J connectivity index is 1.73. The molecule has 0 aliphatic carbocycles. The van der Waals surface area contributed by atoms with E-state index in [9.17, 15) is 4.79 Å². The number of carbonyl (C=O) groups excluding carboxylic acids is 1. The van der Waals surface area contributed by atoms with E-state index in [0.29, 0.717) is 29.6 Å². The lowest BCUT2D eigenvalue weighted by Gasteiger charge is -2.37. The normalized spacial score (nSPS) is 20.1. The molecule has 6 nitrogen and oxygen atoms in total. The molecule has 0 radical (unpaired) electrons. The molecule has 1 aromatic heterocycles. The highest BCUT2D eigenvalue weighted by Gasteiger charge is 2.50. The molecule has 0 unspecified atom stereocenters. The molecular weight excluding hydrogens is 410 g/mol. The topological polar surface area (TPSA) is 57.8 Å². The minimum absolute atomic E-state index is 0.0197. The zero-order valence-electron chi connectivity index (χ0n) is 17.4. The van der Waals surface area contributed by atoms with Crippen LogP contribution in [0.3, 0.4) is 0 Å². The van der Waals surface area contributed by atoms with Crippen LogP contribution >= 0.6 is 12.2 Å². The standard InChI is InChI=1S/C24H23N3O3S/c1-4-11-26-23(28)18-13-16-15-7-5-6-8-17(15)25-21(16)22(27(18)24(26)31)14-9-10-19(29-2)20(12-14)30-3/h4-10,12,18,22,25H,1,11,13H2,2-3H3/t18-,22+/m0/s1. The first-order valence-corrected chi connectivity index (χ1v) is 10.6. The maximum absolute atomic E-state index is 13.3. The van der Waals surface area contributed by atoms with Gasteiger partial charge in [0.05, 0.1) is 20.3 Å². The van der Waals surface area contributed by atoms with Crippen molar-refractivity contribution >= 4 is 34.1 Å². The number of para-hydroxylation sites is 1. The Labute approximate surface area is 186 Å². The average molecular weight is 434 g/mol. The molecule has 1 saturated heterocycles. The van der Waals surface area contributed by atoms with Crippen molar-refractivity contribution in [2.45, 2.75) is 18.5 Å².